The van der Waals surface area contributed by atoms with Crippen molar-refractivity contribution >= 4 is 16.7 Å². The maximum atomic E-state index is 12.1. The van der Waals surface area contributed by atoms with Gasteiger partial charge in [-0.15, -0.1) is 0 Å². The number of rotatable bonds is 5. The Labute approximate surface area is 113 Å². The van der Waals surface area contributed by atoms with E-state index in [9.17, 15) is 4.79 Å². The molecule has 0 spiro atoms. The molecule has 0 aliphatic carbocycles. The lowest BCUT2D eigenvalue weighted by molar-refractivity contribution is 0.0936. The zero-order chi connectivity index (χ0) is 13.7. The minimum atomic E-state index is -0.0591. The molecular formula is C16H19NO2. The lowest BCUT2D eigenvalue weighted by Crippen LogP contribution is -2.32. The van der Waals surface area contributed by atoms with E-state index in [1.165, 1.54) is 0 Å². The zero-order valence-corrected chi connectivity index (χ0v) is 11.1. The van der Waals surface area contributed by atoms with Crippen LogP contribution >= 0.6 is 0 Å². The molecule has 1 unspecified atom stereocenters. The van der Waals surface area contributed by atoms with E-state index in [4.69, 9.17) is 5.11 Å². The molecule has 2 N–H and O–H groups in total. The SMILES string of the molecule is CC(CCCO)NC(=O)c1ccc2ccccc2c1. The molecule has 3 nitrogen and oxygen atoms in total. The highest BCUT2D eigenvalue weighted by molar-refractivity contribution is 5.98. The first-order valence-electron chi connectivity index (χ1n) is 6.61. The van der Waals surface area contributed by atoms with Gasteiger partial charge in [-0.1, -0.05) is 30.3 Å². The molecule has 2 aromatic carbocycles. The average molecular weight is 257 g/mol. The van der Waals surface area contributed by atoms with Crippen molar-refractivity contribution in [3.05, 3.63) is 48.0 Å². The molecule has 0 aliphatic heterocycles. The Hall–Kier alpha value is -1.87. The van der Waals surface area contributed by atoms with Crippen LogP contribution in [0.15, 0.2) is 42.5 Å². The molecule has 0 aliphatic rings. The van der Waals surface area contributed by atoms with E-state index in [0.717, 1.165) is 17.2 Å². The van der Waals surface area contributed by atoms with Crippen LogP contribution < -0.4 is 5.32 Å². The van der Waals surface area contributed by atoms with Crippen LogP contribution in [0.5, 0.6) is 0 Å². The van der Waals surface area contributed by atoms with E-state index in [0.29, 0.717) is 12.0 Å². The third kappa shape index (κ3) is 3.55. The molecule has 1 amide bonds. The number of amides is 1. The number of carbonyl (C=O) groups is 1. The predicted octanol–water partition coefficient (Wildman–Crippen LogP) is 2.73. The highest BCUT2D eigenvalue weighted by Crippen LogP contribution is 2.15. The van der Waals surface area contributed by atoms with Gasteiger partial charge >= 0.3 is 0 Å². The van der Waals surface area contributed by atoms with Crippen molar-refractivity contribution in [2.24, 2.45) is 0 Å². The summed E-state index contributed by atoms with van der Waals surface area (Å²) < 4.78 is 0. The lowest BCUT2D eigenvalue weighted by atomic mass is 10.1. The van der Waals surface area contributed by atoms with Crippen molar-refractivity contribution in [3.8, 4) is 0 Å². The van der Waals surface area contributed by atoms with Gasteiger partial charge in [-0.2, -0.15) is 0 Å². The summed E-state index contributed by atoms with van der Waals surface area (Å²) in [6.45, 7) is 2.12. The van der Waals surface area contributed by atoms with Gasteiger partial charge in [0.05, 0.1) is 0 Å². The van der Waals surface area contributed by atoms with E-state index >= 15 is 0 Å². The van der Waals surface area contributed by atoms with Gasteiger partial charge < -0.3 is 10.4 Å². The van der Waals surface area contributed by atoms with Gasteiger partial charge in [0.2, 0.25) is 0 Å². The van der Waals surface area contributed by atoms with E-state index in [2.05, 4.69) is 5.32 Å². The van der Waals surface area contributed by atoms with Gasteiger partial charge in [-0.05, 0) is 42.7 Å². The average Bonchev–Trinajstić information content (AvgIpc) is 2.44. The van der Waals surface area contributed by atoms with E-state index < -0.39 is 0 Å². The smallest absolute Gasteiger partial charge is 0.251 e. The van der Waals surface area contributed by atoms with Crippen LogP contribution in [-0.2, 0) is 0 Å². The maximum Gasteiger partial charge on any atom is 0.251 e. The van der Waals surface area contributed by atoms with Crippen molar-refractivity contribution in [1.82, 2.24) is 5.32 Å². The number of benzene rings is 2. The van der Waals surface area contributed by atoms with E-state index in [-0.39, 0.29) is 18.6 Å². The third-order valence-corrected chi connectivity index (χ3v) is 3.18. The molecule has 19 heavy (non-hydrogen) atoms. The summed E-state index contributed by atoms with van der Waals surface area (Å²) in [6.07, 6.45) is 1.50. The quantitative estimate of drug-likeness (QED) is 0.865. The maximum absolute atomic E-state index is 12.1. The molecule has 2 rings (SSSR count). The second-order valence-corrected chi connectivity index (χ2v) is 4.80. The number of hydrogen-bond donors (Lipinski definition) is 2. The van der Waals surface area contributed by atoms with Crippen molar-refractivity contribution in [2.75, 3.05) is 6.61 Å². The number of carbonyl (C=O) groups excluding carboxylic acids is 1. The summed E-state index contributed by atoms with van der Waals surface area (Å²) in [5, 5.41) is 13.9. The van der Waals surface area contributed by atoms with Gasteiger partial charge in [0, 0.05) is 18.2 Å². The van der Waals surface area contributed by atoms with Gasteiger partial charge in [-0.3, -0.25) is 4.79 Å². The molecule has 0 bridgehead atoms. The van der Waals surface area contributed by atoms with Crippen LogP contribution in [-0.4, -0.2) is 23.7 Å². The Morgan fingerprint density at radius 1 is 1.21 bits per heavy atom. The number of nitrogens with one attached hydrogen (secondary N) is 1. The third-order valence-electron chi connectivity index (χ3n) is 3.18. The molecule has 1 atom stereocenters. The lowest BCUT2D eigenvalue weighted by Gasteiger charge is -2.13. The summed E-state index contributed by atoms with van der Waals surface area (Å²) in [5.74, 6) is -0.0591. The molecule has 0 aromatic heterocycles. The van der Waals surface area contributed by atoms with Gasteiger partial charge in [0.15, 0.2) is 0 Å². The highest BCUT2D eigenvalue weighted by Gasteiger charge is 2.09. The minimum Gasteiger partial charge on any atom is -0.396 e. The molecule has 0 saturated carbocycles. The molecular weight excluding hydrogens is 238 g/mol. The second kappa shape index (κ2) is 6.34. The molecule has 3 heteroatoms. The van der Waals surface area contributed by atoms with Crippen molar-refractivity contribution in [2.45, 2.75) is 25.8 Å². The van der Waals surface area contributed by atoms with Crippen LogP contribution in [0, 0.1) is 0 Å². The fourth-order valence-corrected chi connectivity index (χ4v) is 2.11. The summed E-state index contributed by atoms with van der Waals surface area (Å²) in [4.78, 5) is 12.1. The first kappa shape index (κ1) is 13.6. The van der Waals surface area contributed by atoms with Crippen molar-refractivity contribution < 1.29 is 9.90 Å². The standard InChI is InChI=1S/C16H19NO2/c1-12(5-4-10-18)17-16(19)15-9-8-13-6-2-3-7-14(13)11-15/h2-3,6-9,11-12,18H,4-5,10H2,1H3,(H,17,19). The number of fused-ring (bicyclic) bond motifs is 1. The van der Waals surface area contributed by atoms with Gasteiger partial charge in [-0.25, -0.2) is 0 Å². The Morgan fingerprint density at radius 2 is 1.95 bits per heavy atom. The van der Waals surface area contributed by atoms with Gasteiger partial charge in [0.25, 0.3) is 5.91 Å². The van der Waals surface area contributed by atoms with E-state index in [1.54, 1.807) is 0 Å². The summed E-state index contributed by atoms with van der Waals surface area (Å²) >= 11 is 0. The molecule has 2 aromatic rings. The van der Waals surface area contributed by atoms with E-state index in [1.807, 2.05) is 49.4 Å². The molecule has 0 fully saturated rings. The normalized spacial score (nSPS) is 12.3. The first-order valence-corrected chi connectivity index (χ1v) is 6.61. The summed E-state index contributed by atoms with van der Waals surface area (Å²) in [6, 6.07) is 13.8. The fraction of sp³-hybridized carbons (Fsp3) is 0.312. The first-order chi connectivity index (χ1) is 9.20. The Bertz CT molecular complexity index is 565. The molecule has 0 heterocycles. The predicted molar refractivity (Wildman–Crippen MR) is 77.2 cm³/mol. The Balaban J connectivity index is 2.08. The Kier molecular flexibility index (Phi) is 4.53. The second-order valence-electron chi connectivity index (χ2n) is 4.80. The monoisotopic (exact) mass is 257 g/mol. The van der Waals surface area contributed by atoms with Crippen LogP contribution in [0.1, 0.15) is 30.1 Å². The summed E-state index contributed by atoms with van der Waals surface area (Å²) in [7, 11) is 0. The largest absolute Gasteiger partial charge is 0.396 e. The minimum absolute atomic E-state index is 0.0591. The van der Waals surface area contributed by atoms with Crippen molar-refractivity contribution in [1.29, 1.82) is 0 Å². The Morgan fingerprint density at radius 3 is 2.68 bits per heavy atom. The van der Waals surface area contributed by atoms with Crippen LogP contribution in [0.25, 0.3) is 10.8 Å². The molecule has 100 valence electrons. The van der Waals surface area contributed by atoms with Gasteiger partial charge in [0.1, 0.15) is 0 Å². The molecule has 0 saturated heterocycles. The number of aliphatic hydroxyl groups excluding tert-OH is 1. The topological polar surface area (TPSA) is 49.3 Å². The van der Waals surface area contributed by atoms with Crippen molar-refractivity contribution in [3.63, 3.8) is 0 Å². The summed E-state index contributed by atoms with van der Waals surface area (Å²) in [5.41, 5.74) is 0.676. The van der Waals surface area contributed by atoms with Crippen LogP contribution in [0.2, 0.25) is 0 Å². The van der Waals surface area contributed by atoms with Crippen LogP contribution in [0.4, 0.5) is 0 Å². The number of hydrogen-bond acceptors (Lipinski definition) is 2. The molecule has 0 radical (unpaired) electrons. The fourth-order valence-electron chi connectivity index (χ4n) is 2.11. The highest BCUT2D eigenvalue weighted by atomic mass is 16.2. The van der Waals surface area contributed by atoms with Crippen LogP contribution in [0.3, 0.4) is 0 Å². The number of aliphatic hydroxyl groups is 1. The zero-order valence-electron chi connectivity index (χ0n) is 11.1.